The quantitative estimate of drug-likeness (QED) is 0.749. The third-order valence-electron chi connectivity index (χ3n) is 3.63. The van der Waals surface area contributed by atoms with Crippen LogP contribution in [0.2, 0.25) is 0 Å². The van der Waals surface area contributed by atoms with Crippen molar-refractivity contribution in [3.63, 3.8) is 0 Å². The second kappa shape index (κ2) is 6.24. The molecular weight excluding hydrogens is 202 g/mol. The second-order valence-electron chi connectivity index (χ2n) is 5.28. The number of hydrogen-bond acceptors (Lipinski definition) is 3. The molecule has 0 aromatic heterocycles. The van der Waals surface area contributed by atoms with Crippen LogP contribution in [0.25, 0.3) is 0 Å². The van der Waals surface area contributed by atoms with E-state index in [9.17, 15) is 4.79 Å². The zero-order valence-corrected chi connectivity index (χ0v) is 11.0. The van der Waals surface area contributed by atoms with E-state index in [-0.39, 0.29) is 17.9 Å². The van der Waals surface area contributed by atoms with E-state index in [0.29, 0.717) is 12.0 Å². The molecular formula is C13H25NO2. The summed E-state index contributed by atoms with van der Waals surface area (Å²) in [6.45, 7) is 6.38. The number of carbonyl (C=O) groups excluding carboxylic acids is 1. The molecule has 0 radical (unpaired) electrons. The van der Waals surface area contributed by atoms with Gasteiger partial charge in [-0.3, -0.25) is 4.79 Å². The fourth-order valence-electron chi connectivity index (χ4n) is 2.45. The molecule has 3 unspecified atom stereocenters. The molecule has 1 aliphatic carbocycles. The van der Waals surface area contributed by atoms with Crippen LogP contribution in [-0.2, 0) is 9.53 Å². The lowest BCUT2D eigenvalue weighted by atomic mass is 9.85. The summed E-state index contributed by atoms with van der Waals surface area (Å²) in [6.07, 6.45) is 5.04. The van der Waals surface area contributed by atoms with Crippen molar-refractivity contribution in [1.82, 2.24) is 5.32 Å². The molecule has 1 fully saturated rings. The van der Waals surface area contributed by atoms with Gasteiger partial charge in [-0.2, -0.15) is 0 Å². The minimum absolute atomic E-state index is 0.132. The van der Waals surface area contributed by atoms with Crippen LogP contribution in [0.1, 0.15) is 46.5 Å². The average molecular weight is 227 g/mol. The van der Waals surface area contributed by atoms with E-state index >= 15 is 0 Å². The van der Waals surface area contributed by atoms with Crippen LogP contribution in [0.5, 0.6) is 0 Å². The summed E-state index contributed by atoms with van der Waals surface area (Å²) in [7, 11) is 1.46. The van der Waals surface area contributed by atoms with Gasteiger partial charge in [0.2, 0.25) is 0 Å². The highest BCUT2D eigenvalue weighted by atomic mass is 16.5. The molecule has 3 nitrogen and oxygen atoms in total. The topological polar surface area (TPSA) is 38.3 Å². The zero-order valence-electron chi connectivity index (χ0n) is 11.0. The Morgan fingerprint density at radius 2 is 1.94 bits per heavy atom. The molecule has 1 saturated carbocycles. The Labute approximate surface area is 98.9 Å². The highest BCUT2D eigenvalue weighted by molar-refractivity contribution is 5.75. The normalized spacial score (nSPS) is 27.8. The molecule has 1 aliphatic rings. The minimum atomic E-state index is -0.157. The van der Waals surface area contributed by atoms with Crippen LogP contribution in [0, 0.1) is 11.8 Å². The van der Waals surface area contributed by atoms with Gasteiger partial charge in [0.25, 0.3) is 0 Å². The standard InChI is InChI=1S/C13H25NO2/c1-9(2)12(13(15)16-4)14-11-8-6-5-7-10(11)3/h9-12,14H,5-8H2,1-4H3. The monoisotopic (exact) mass is 227 g/mol. The molecule has 0 heterocycles. The van der Waals surface area contributed by atoms with Gasteiger partial charge in [0, 0.05) is 6.04 Å². The van der Waals surface area contributed by atoms with Crippen LogP contribution in [0.4, 0.5) is 0 Å². The summed E-state index contributed by atoms with van der Waals surface area (Å²) in [5.74, 6) is 0.814. The molecule has 16 heavy (non-hydrogen) atoms. The fraction of sp³-hybridized carbons (Fsp3) is 0.923. The Morgan fingerprint density at radius 3 is 2.44 bits per heavy atom. The van der Waals surface area contributed by atoms with Crippen molar-refractivity contribution in [2.45, 2.75) is 58.5 Å². The first-order chi connectivity index (χ1) is 7.56. The van der Waals surface area contributed by atoms with Crippen molar-refractivity contribution in [2.75, 3.05) is 7.11 Å². The predicted molar refractivity (Wildman–Crippen MR) is 65.2 cm³/mol. The molecule has 0 aromatic rings. The Balaban J connectivity index is 2.56. The highest BCUT2D eigenvalue weighted by Crippen LogP contribution is 2.24. The molecule has 94 valence electrons. The number of nitrogens with one attached hydrogen (secondary N) is 1. The van der Waals surface area contributed by atoms with E-state index in [4.69, 9.17) is 4.74 Å². The maximum absolute atomic E-state index is 11.6. The first kappa shape index (κ1) is 13.5. The number of methoxy groups -OCH3 is 1. The van der Waals surface area contributed by atoms with Crippen molar-refractivity contribution in [2.24, 2.45) is 11.8 Å². The van der Waals surface area contributed by atoms with E-state index < -0.39 is 0 Å². The molecule has 3 heteroatoms. The number of carbonyl (C=O) groups is 1. The maximum atomic E-state index is 11.6. The smallest absolute Gasteiger partial charge is 0.323 e. The Morgan fingerprint density at radius 1 is 1.31 bits per heavy atom. The van der Waals surface area contributed by atoms with Gasteiger partial charge in [-0.05, 0) is 24.7 Å². The summed E-state index contributed by atoms with van der Waals surface area (Å²) in [5, 5.41) is 3.48. The lowest BCUT2D eigenvalue weighted by Crippen LogP contribution is -2.50. The van der Waals surface area contributed by atoms with Gasteiger partial charge in [-0.1, -0.05) is 33.6 Å². The van der Waals surface area contributed by atoms with Gasteiger partial charge in [0.05, 0.1) is 7.11 Å². The SMILES string of the molecule is COC(=O)C(NC1CCCCC1C)C(C)C. The number of hydrogen-bond donors (Lipinski definition) is 1. The van der Waals surface area contributed by atoms with E-state index in [0.717, 1.165) is 0 Å². The fourth-order valence-corrected chi connectivity index (χ4v) is 2.45. The minimum Gasteiger partial charge on any atom is -0.468 e. The highest BCUT2D eigenvalue weighted by Gasteiger charge is 2.29. The maximum Gasteiger partial charge on any atom is 0.323 e. The Kier molecular flexibility index (Phi) is 5.26. The number of rotatable bonds is 4. The molecule has 0 saturated heterocycles. The lowest BCUT2D eigenvalue weighted by Gasteiger charge is -2.33. The van der Waals surface area contributed by atoms with Crippen LogP contribution in [0.15, 0.2) is 0 Å². The van der Waals surface area contributed by atoms with Gasteiger partial charge >= 0.3 is 5.97 Å². The van der Waals surface area contributed by atoms with Crippen molar-refractivity contribution in [3.8, 4) is 0 Å². The van der Waals surface area contributed by atoms with Crippen LogP contribution < -0.4 is 5.32 Å². The second-order valence-corrected chi connectivity index (χ2v) is 5.28. The Hall–Kier alpha value is -0.570. The van der Waals surface area contributed by atoms with Crippen molar-refractivity contribution >= 4 is 5.97 Å². The van der Waals surface area contributed by atoms with E-state index in [2.05, 4.69) is 26.1 Å². The van der Waals surface area contributed by atoms with Crippen LogP contribution in [0.3, 0.4) is 0 Å². The number of esters is 1. The average Bonchev–Trinajstić information content (AvgIpc) is 2.26. The molecule has 1 N–H and O–H groups in total. The third-order valence-corrected chi connectivity index (χ3v) is 3.63. The summed E-state index contributed by atoms with van der Waals surface area (Å²) >= 11 is 0. The van der Waals surface area contributed by atoms with E-state index in [1.807, 2.05) is 0 Å². The molecule has 0 amide bonds. The Bertz CT molecular complexity index is 228. The lowest BCUT2D eigenvalue weighted by molar-refractivity contribution is -0.144. The van der Waals surface area contributed by atoms with Gasteiger partial charge in [0.15, 0.2) is 0 Å². The zero-order chi connectivity index (χ0) is 12.1. The summed E-state index contributed by atoms with van der Waals surface area (Å²) in [4.78, 5) is 11.6. The molecule has 0 aliphatic heterocycles. The molecule has 0 spiro atoms. The van der Waals surface area contributed by atoms with Crippen molar-refractivity contribution < 1.29 is 9.53 Å². The first-order valence-corrected chi connectivity index (χ1v) is 6.40. The summed E-state index contributed by atoms with van der Waals surface area (Å²) < 4.78 is 4.85. The predicted octanol–water partition coefficient (Wildman–Crippen LogP) is 2.35. The van der Waals surface area contributed by atoms with Crippen molar-refractivity contribution in [1.29, 1.82) is 0 Å². The van der Waals surface area contributed by atoms with Gasteiger partial charge in [0.1, 0.15) is 6.04 Å². The molecule has 1 rings (SSSR count). The summed E-state index contributed by atoms with van der Waals surface area (Å²) in [6, 6.07) is 0.316. The van der Waals surface area contributed by atoms with E-state index in [1.54, 1.807) is 0 Å². The summed E-state index contributed by atoms with van der Waals surface area (Å²) in [5.41, 5.74) is 0. The van der Waals surface area contributed by atoms with Crippen LogP contribution >= 0.6 is 0 Å². The van der Waals surface area contributed by atoms with Gasteiger partial charge < -0.3 is 10.1 Å². The third kappa shape index (κ3) is 3.48. The van der Waals surface area contributed by atoms with Gasteiger partial charge in [-0.25, -0.2) is 0 Å². The first-order valence-electron chi connectivity index (χ1n) is 6.40. The van der Waals surface area contributed by atoms with Crippen LogP contribution in [-0.4, -0.2) is 25.2 Å². The molecule has 0 bridgehead atoms. The van der Waals surface area contributed by atoms with E-state index in [1.165, 1.54) is 32.8 Å². The van der Waals surface area contributed by atoms with Crippen molar-refractivity contribution in [3.05, 3.63) is 0 Å². The number of ether oxygens (including phenoxy) is 1. The van der Waals surface area contributed by atoms with Gasteiger partial charge in [-0.15, -0.1) is 0 Å². The molecule has 3 atom stereocenters. The molecule has 0 aromatic carbocycles. The largest absolute Gasteiger partial charge is 0.468 e.